The minimum absolute atomic E-state index is 0.442. The van der Waals surface area contributed by atoms with Crippen LogP contribution in [0.2, 0.25) is 0 Å². The van der Waals surface area contributed by atoms with Crippen LogP contribution < -0.4 is 0 Å². The summed E-state index contributed by atoms with van der Waals surface area (Å²) < 4.78 is 0. The average Bonchev–Trinajstić information content (AvgIpc) is 2.27. The van der Waals surface area contributed by atoms with E-state index in [1.807, 2.05) is 6.07 Å². The number of rotatable bonds is 5. The van der Waals surface area contributed by atoms with Crippen molar-refractivity contribution in [3.05, 3.63) is 35.9 Å². The Bertz CT molecular complexity index is 306. The largest absolute Gasteiger partial charge is 0.399 e. The number of nitrogens with zero attached hydrogens (tertiary/aromatic N) is 1. The zero-order valence-electron chi connectivity index (χ0n) is 9.73. The van der Waals surface area contributed by atoms with Gasteiger partial charge in [0.1, 0.15) is 7.11 Å². The molecule has 1 atom stereocenters. The normalized spacial score (nSPS) is 13.7. The Hall–Kier alpha value is -1.31. The van der Waals surface area contributed by atoms with E-state index in [2.05, 4.69) is 43.3 Å². The van der Waals surface area contributed by atoms with E-state index in [-0.39, 0.29) is 0 Å². The second kappa shape index (κ2) is 6.23. The smallest absolute Gasteiger partial charge is 0.106 e. The van der Waals surface area contributed by atoms with Gasteiger partial charge in [0.15, 0.2) is 0 Å². The average molecular weight is 205 g/mol. The molecule has 0 unspecified atom stereocenters. The summed E-state index contributed by atoms with van der Waals surface area (Å²) in [5.74, 6) is 0.442. The molecule has 15 heavy (non-hydrogen) atoms. The number of oxime groups is 1. The lowest BCUT2D eigenvalue weighted by Crippen LogP contribution is -2.13. The Balaban J connectivity index is 2.62. The van der Waals surface area contributed by atoms with E-state index >= 15 is 0 Å². The molecule has 0 bridgehead atoms. The standard InChI is InChI=1S/C13H19NO/c1-4-13(14-15-3)11(2)10-12-8-6-5-7-9-12/h5-9,11H,4,10H2,1-3H3/b14-13+/t11-/m0/s1. The fourth-order valence-corrected chi connectivity index (χ4v) is 1.71. The first-order valence-electron chi connectivity index (χ1n) is 5.41. The van der Waals surface area contributed by atoms with Crippen LogP contribution in [0.5, 0.6) is 0 Å². The lowest BCUT2D eigenvalue weighted by atomic mass is 9.95. The minimum atomic E-state index is 0.442. The highest BCUT2D eigenvalue weighted by Gasteiger charge is 2.10. The molecule has 1 aromatic carbocycles. The second-order valence-corrected chi connectivity index (χ2v) is 3.71. The van der Waals surface area contributed by atoms with Crippen LogP contribution in [-0.2, 0) is 11.3 Å². The first kappa shape index (κ1) is 11.8. The Labute approximate surface area is 91.9 Å². The van der Waals surface area contributed by atoms with Crippen LogP contribution in [0.1, 0.15) is 25.8 Å². The van der Waals surface area contributed by atoms with Gasteiger partial charge in [-0.2, -0.15) is 0 Å². The van der Waals surface area contributed by atoms with Crippen molar-refractivity contribution in [2.45, 2.75) is 26.7 Å². The highest BCUT2D eigenvalue weighted by Crippen LogP contribution is 2.11. The molecule has 0 radical (unpaired) electrons. The van der Waals surface area contributed by atoms with E-state index in [9.17, 15) is 0 Å². The van der Waals surface area contributed by atoms with Gasteiger partial charge in [0.2, 0.25) is 0 Å². The van der Waals surface area contributed by atoms with Crippen molar-refractivity contribution in [2.75, 3.05) is 7.11 Å². The third-order valence-corrected chi connectivity index (χ3v) is 2.52. The first-order valence-corrected chi connectivity index (χ1v) is 5.41. The molecule has 0 aromatic heterocycles. The summed E-state index contributed by atoms with van der Waals surface area (Å²) in [5, 5.41) is 4.06. The van der Waals surface area contributed by atoms with E-state index in [4.69, 9.17) is 4.84 Å². The highest BCUT2D eigenvalue weighted by molar-refractivity contribution is 5.85. The van der Waals surface area contributed by atoms with Gasteiger partial charge in [0, 0.05) is 5.92 Å². The molecule has 0 saturated heterocycles. The van der Waals surface area contributed by atoms with Gasteiger partial charge in [-0.05, 0) is 18.4 Å². The van der Waals surface area contributed by atoms with Crippen molar-refractivity contribution in [1.82, 2.24) is 0 Å². The maximum atomic E-state index is 4.84. The van der Waals surface area contributed by atoms with Gasteiger partial charge in [-0.25, -0.2) is 0 Å². The lowest BCUT2D eigenvalue weighted by molar-refractivity contribution is 0.210. The van der Waals surface area contributed by atoms with Gasteiger partial charge in [-0.1, -0.05) is 49.3 Å². The zero-order valence-corrected chi connectivity index (χ0v) is 9.73. The molecular formula is C13H19NO. The molecule has 0 aliphatic heterocycles. The van der Waals surface area contributed by atoms with Gasteiger partial charge >= 0.3 is 0 Å². The maximum Gasteiger partial charge on any atom is 0.106 e. The van der Waals surface area contributed by atoms with Crippen molar-refractivity contribution in [2.24, 2.45) is 11.1 Å². The molecule has 82 valence electrons. The number of benzene rings is 1. The summed E-state index contributed by atoms with van der Waals surface area (Å²) in [7, 11) is 1.60. The molecule has 0 aliphatic rings. The number of hydrogen-bond acceptors (Lipinski definition) is 2. The van der Waals surface area contributed by atoms with E-state index < -0.39 is 0 Å². The summed E-state index contributed by atoms with van der Waals surface area (Å²) in [4.78, 5) is 4.84. The van der Waals surface area contributed by atoms with Crippen LogP contribution in [0.3, 0.4) is 0 Å². The fourth-order valence-electron chi connectivity index (χ4n) is 1.71. The monoisotopic (exact) mass is 205 g/mol. The minimum Gasteiger partial charge on any atom is -0.399 e. The van der Waals surface area contributed by atoms with Crippen LogP contribution in [-0.4, -0.2) is 12.8 Å². The summed E-state index contributed by atoms with van der Waals surface area (Å²) in [6, 6.07) is 10.5. The van der Waals surface area contributed by atoms with Gasteiger partial charge in [-0.15, -0.1) is 0 Å². The fraction of sp³-hybridized carbons (Fsp3) is 0.462. The Morgan fingerprint density at radius 3 is 2.53 bits per heavy atom. The molecule has 0 aliphatic carbocycles. The van der Waals surface area contributed by atoms with Gasteiger partial charge < -0.3 is 4.84 Å². The predicted molar refractivity (Wildman–Crippen MR) is 64.0 cm³/mol. The van der Waals surface area contributed by atoms with E-state index in [0.717, 1.165) is 18.6 Å². The van der Waals surface area contributed by atoms with E-state index in [0.29, 0.717) is 5.92 Å². The van der Waals surface area contributed by atoms with Gasteiger partial charge in [0.25, 0.3) is 0 Å². The third kappa shape index (κ3) is 3.74. The summed E-state index contributed by atoms with van der Waals surface area (Å²) >= 11 is 0. The van der Waals surface area contributed by atoms with Crippen molar-refractivity contribution >= 4 is 5.71 Å². The summed E-state index contributed by atoms with van der Waals surface area (Å²) in [6.07, 6.45) is 1.97. The van der Waals surface area contributed by atoms with Crippen LogP contribution in [0.25, 0.3) is 0 Å². The van der Waals surface area contributed by atoms with E-state index in [1.54, 1.807) is 7.11 Å². The predicted octanol–water partition coefficient (Wildman–Crippen LogP) is 3.28. The van der Waals surface area contributed by atoms with Crippen molar-refractivity contribution < 1.29 is 4.84 Å². The summed E-state index contributed by atoms with van der Waals surface area (Å²) in [6.45, 7) is 4.30. The Morgan fingerprint density at radius 2 is 2.00 bits per heavy atom. The van der Waals surface area contributed by atoms with Crippen LogP contribution in [0, 0.1) is 5.92 Å². The molecule has 0 spiro atoms. The molecule has 2 heteroatoms. The molecule has 0 amide bonds. The Morgan fingerprint density at radius 1 is 1.33 bits per heavy atom. The van der Waals surface area contributed by atoms with Crippen molar-refractivity contribution in [3.8, 4) is 0 Å². The molecule has 0 saturated carbocycles. The van der Waals surface area contributed by atoms with Crippen LogP contribution in [0.15, 0.2) is 35.5 Å². The molecule has 0 heterocycles. The quantitative estimate of drug-likeness (QED) is 0.534. The van der Waals surface area contributed by atoms with Crippen molar-refractivity contribution in [1.29, 1.82) is 0 Å². The van der Waals surface area contributed by atoms with Gasteiger partial charge in [-0.3, -0.25) is 0 Å². The first-order chi connectivity index (χ1) is 7.27. The van der Waals surface area contributed by atoms with Crippen molar-refractivity contribution in [3.63, 3.8) is 0 Å². The topological polar surface area (TPSA) is 21.6 Å². The molecule has 1 aromatic rings. The third-order valence-electron chi connectivity index (χ3n) is 2.52. The zero-order chi connectivity index (χ0) is 11.1. The SMILES string of the molecule is CC/C(=N\OC)[C@@H](C)Cc1ccccc1. The molecule has 0 N–H and O–H groups in total. The molecular weight excluding hydrogens is 186 g/mol. The molecule has 2 nitrogen and oxygen atoms in total. The molecule has 0 fully saturated rings. The Kier molecular flexibility index (Phi) is 4.88. The summed E-state index contributed by atoms with van der Waals surface area (Å²) in [5.41, 5.74) is 2.48. The highest BCUT2D eigenvalue weighted by atomic mass is 16.6. The number of hydrogen-bond donors (Lipinski definition) is 0. The maximum absolute atomic E-state index is 4.84. The molecule has 1 rings (SSSR count). The second-order valence-electron chi connectivity index (χ2n) is 3.71. The van der Waals surface area contributed by atoms with Gasteiger partial charge in [0.05, 0.1) is 5.71 Å². The van der Waals surface area contributed by atoms with E-state index in [1.165, 1.54) is 5.56 Å². The van der Waals surface area contributed by atoms with Crippen LogP contribution >= 0.6 is 0 Å². The van der Waals surface area contributed by atoms with Crippen LogP contribution in [0.4, 0.5) is 0 Å². The lowest BCUT2D eigenvalue weighted by Gasteiger charge is -2.12.